The van der Waals surface area contributed by atoms with E-state index < -0.39 is 5.97 Å². The van der Waals surface area contributed by atoms with Gasteiger partial charge in [0.1, 0.15) is 23.0 Å². The van der Waals surface area contributed by atoms with E-state index >= 15 is 0 Å². The summed E-state index contributed by atoms with van der Waals surface area (Å²) in [6.45, 7) is 9.65. The molecule has 0 saturated carbocycles. The zero-order valence-electron chi connectivity index (χ0n) is 23.9. The summed E-state index contributed by atoms with van der Waals surface area (Å²) in [6.07, 6.45) is 5.24. The maximum atomic E-state index is 12.3. The lowest BCUT2D eigenvalue weighted by molar-refractivity contribution is -0.145. The number of ketones is 2. The molecular weight excluding hydrogens is 500 g/mol. The van der Waals surface area contributed by atoms with Crippen molar-refractivity contribution >= 4 is 17.5 Å². The Morgan fingerprint density at radius 1 is 0.718 bits per heavy atom. The van der Waals surface area contributed by atoms with Gasteiger partial charge in [-0.3, -0.25) is 9.59 Å². The van der Waals surface area contributed by atoms with Crippen molar-refractivity contribution in [1.29, 1.82) is 0 Å². The molecule has 0 fully saturated rings. The van der Waals surface area contributed by atoms with Gasteiger partial charge < -0.3 is 24.1 Å². The van der Waals surface area contributed by atoms with Crippen LogP contribution >= 0.6 is 0 Å². The van der Waals surface area contributed by atoms with Crippen LogP contribution in [-0.2, 0) is 22.4 Å². The van der Waals surface area contributed by atoms with Crippen LogP contribution in [0.5, 0.6) is 23.0 Å². The molecule has 2 aromatic carbocycles. The van der Waals surface area contributed by atoms with Crippen molar-refractivity contribution < 1.29 is 38.4 Å². The van der Waals surface area contributed by atoms with Crippen LogP contribution in [0.15, 0.2) is 24.3 Å². The quantitative estimate of drug-likeness (QED) is 0.133. The first-order chi connectivity index (χ1) is 18.7. The molecule has 39 heavy (non-hydrogen) atoms. The Balaban J connectivity index is 1.98. The predicted octanol–water partition coefficient (Wildman–Crippen LogP) is 6.27. The summed E-state index contributed by atoms with van der Waals surface area (Å²) in [6, 6.07) is 6.73. The van der Waals surface area contributed by atoms with Crippen LogP contribution in [0.2, 0.25) is 0 Å². The molecule has 1 N–H and O–H groups in total. The second-order valence-corrected chi connectivity index (χ2v) is 9.32. The van der Waals surface area contributed by atoms with Crippen LogP contribution < -0.4 is 14.2 Å². The molecule has 2 aromatic rings. The fraction of sp³-hybridized carbons (Fsp3) is 0.516. The number of ether oxygens (including phenoxy) is 4. The first-order valence-corrected chi connectivity index (χ1v) is 13.8. The average Bonchev–Trinajstić information content (AvgIpc) is 2.89. The van der Waals surface area contributed by atoms with Crippen molar-refractivity contribution in [2.45, 2.75) is 79.6 Å². The molecule has 0 aliphatic carbocycles. The summed E-state index contributed by atoms with van der Waals surface area (Å²) < 4.78 is 22.7. The number of carbonyl (C=O) groups excluding carboxylic acids is 3. The number of phenols is 1. The van der Waals surface area contributed by atoms with Gasteiger partial charge in [-0.15, -0.1) is 0 Å². The third-order valence-electron chi connectivity index (χ3n) is 6.16. The number of phenolic OH excluding ortho intramolecular Hbond substituents is 1. The Morgan fingerprint density at radius 3 is 1.87 bits per heavy atom. The smallest absolute Gasteiger partial charge is 0.344 e. The summed E-state index contributed by atoms with van der Waals surface area (Å²) in [5.41, 5.74) is 2.24. The van der Waals surface area contributed by atoms with Crippen molar-refractivity contribution in [1.82, 2.24) is 0 Å². The molecule has 0 amide bonds. The van der Waals surface area contributed by atoms with Gasteiger partial charge in [-0.05, 0) is 77.1 Å². The highest BCUT2D eigenvalue weighted by Gasteiger charge is 2.19. The van der Waals surface area contributed by atoms with E-state index in [2.05, 4.69) is 0 Å². The van der Waals surface area contributed by atoms with Gasteiger partial charge in [0.15, 0.2) is 18.2 Å². The van der Waals surface area contributed by atoms with E-state index in [1.807, 2.05) is 13.8 Å². The molecule has 0 saturated heterocycles. The van der Waals surface area contributed by atoms with Crippen LogP contribution in [-0.4, -0.2) is 49.1 Å². The molecule has 2 rings (SSSR count). The summed E-state index contributed by atoms with van der Waals surface area (Å²) in [5, 5.41) is 10.5. The molecule has 0 bridgehead atoms. The van der Waals surface area contributed by atoms with Gasteiger partial charge in [-0.1, -0.05) is 26.7 Å². The number of rotatable bonds is 18. The summed E-state index contributed by atoms with van der Waals surface area (Å²) in [4.78, 5) is 35.8. The zero-order valence-corrected chi connectivity index (χ0v) is 23.9. The molecule has 0 unspecified atom stereocenters. The number of benzene rings is 2. The lowest BCUT2D eigenvalue weighted by Gasteiger charge is -2.18. The van der Waals surface area contributed by atoms with Gasteiger partial charge in [0.25, 0.3) is 0 Å². The van der Waals surface area contributed by atoms with E-state index in [-0.39, 0.29) is 30.5 Å². The Labute approximate surface area is 231 Å². The molecule has 0 aromatic heterocycles. The lowest BCUT2D eigenvalue weighted by atomic mass is 10.0. The van der Waals surface area contributed by atoms with Crippen LogP contribution in [0.25, 0.3) is 0 Å². The Morgan fingerprint density at radius 2 is 1.28 bits per heavy atom. The zero-order chi connectivity index (χ0) is 28.8. The number of hydrogen-bond acceptors (Lipinski definition) is 8. The molecule has 0 aliphatic heterocycles. The third-order valence-corrected chi connectivity index (χ3v) is 6.16. The van der Waals surface area contributed by atoms with Crippen molar-refractivity contribution in [2.75, 3.05) is 26.4 Å². The molecule has 8 heteroatoms. The normalized spacial score (nSPS) is 10.7. The maximum absolute atomic E-state index is 12.3. The molecule has 0 atom stereocenters. The minimum Gasteiger partial charge on any atom is -0.507 e. The number of aromatic hydroxyl groups is 1. The lowest BCUT2D eigenvalue weighted by Crippen LogP contribution is -2.16. The van der Waals surface area contributed by atoms with E-state index in [0.717, 1.165) is 37.7 Å². The Kier molecular flexibility index (Phi) is 13.3. The van der Waals surface area contributed by atoms with Gasteiger partial charge in [-0.25, -0.2) is 4.79 Å². The van der Waals surface area contributed by atoms with Gasteiger partial charge in [0.2, 0.25) is 0 Å². The first-order valence-electron chi connectivity index (χ1n) is 13.8. The summed E-state index contributed by atoms with van der Waals surface area (Å²) in [7, 11) is 0. The van der Waals surface area contributed by atoms with Crippen molar-refractivity contribution in [3.05, 3.63) is 46.5 Å². The highest BCUT2D eigenvalue weighted by atomic mass is 16.6. The second kappa shape index (κ2) is 16.4. The highest BCUT2D eigenvalue weighted by molar-refractivity contribution is 5.98. The molecule has 0 heterocycles. The molecule has 8 nitrogen and oxygen atoms in total. The highest BCUT2D eigenvalue weighted by Crippen LogP contribution is 2.35. The van der Waals surface area contributed by atoms with Gasteiger partial charge in [0.05, 0.1) is 30.9 Å². The summed E-state index contributed by atoms with van der Waals surface area (Å²) >= 11 is 0. The second-order valence-electron chi connectivity index (χ2n) is 9.32. The fourth-order valence-electron chi connectivity index (χ4n) is 4.28. The van der Waals surface area contributed by atoms with E-state index in [0.29, 0.717) is 60.0 Å². The largest absolute Gasteiger partial charge is 0.507 e. The number of esters is 1. The average molecular weight is 543 g/mol. The Bertz CT molecular complexity index is 1120. The minimum absolute atomic E-state index is 0.00729. The van der Waals surface area contributed by atoms with Crippen molar-refractivity contribution in [3.63, 3.8) is 0 Å². The standard InChI is InChI=1S/C31H42O8/c1-6-12-25-27(16-14-23(21(4)32)30(25)35)37-18-10-9-11-19-38-31-24(22(5)33)15-17-28(26(31)13-7-2)39-20-29(34)36-8-3/h14-17,35H,6-13,18-20H2,1-5H3. The van der Waals surface area contributed by atoms with Gasteiger partial charge in [-0.2, -0.15) is 0 Å². The minimum atomic E-state index is -0.452. The first kappa shape index (κ1) is 31.7. The molecule has 0 spiro atoms. The maximum Gasteiger partial charge on any atom is 0.344 e. The topological polar surface area (TPSA) is 108 Å². The predicted molar refractivity (Wildman–Crippen MR) is 150 cm³/mol. The van der Waals surface area contributed by atoms with E-state index in [9.17, 15) is 19.5 Å². The van der Waals surface area contributed by atoms with Crippen LogP contribution in [0.4, 0.5) is 0 Å². The third kappa shape index (κ3) is 9.30. The van der Waals surface area contributed by atoms with Crippen LogP contribution in [0.3, 0.4) is 0 Å². The van der Waals surface area contributed by atoms with Crippen molar-refractivity contribution in [3.8, 4) is 23.0 Å². The number of unbranched alkanes of at least 4 members (excludes halogenated alkanes) is 2. The number of Topliss-reactive ketones (excluding diaryl/α,β-unsaturated/α-hetero) is 2. The van der Waals surface area contributed by atoms with E-state index in [1.54, 1.807) is 31.2 Å². The van der Waals surface area contributed by atoms with Crippen LogP contribution in [0.1, 0.15) is 98.6 Å². The summed E-state index contributed by atoms with van der Waals surface area (Å²) in [5.74, 6) is 0.898. The number of hydrogen-bond donors (Lipinski definition) is 1. The van der Waals surface area contributed by atoms with E-state index in [4.69, 9.17) is 18.9 Å². The number of carbonyl (C=O) groups is 3. The molecular formula is C31H42O8. The molecule has 0 aliphatic rings. The van der Waals surface area contributed by atoms with E-state index in [1.165, 1.54) is 13.8 Å². The molecule has 0 radical (unpaired) electrons. The molecule has 214 valence electrons. The van der Waals surface area contributed by atoms with Crippen LogP contribution in [0, 0.1) is 0 Å². The van der Waals surface area contributed by atoms with Gasteiger partial charge >= 0.3 is 5.97 Å². The fourth-order valence-corrected chi connectivity index (χ4v) is 4.28. The van der Waals surface area contributed by atoms with Crippen molar-refractivity contribution in [2.24, 2.45) is 0 Å². The SMILES string of the molecule is CCCc1c(OCCCCCOc2c(C(C)=O)ccc(OCC(=O)OCC)c2CCC)ccc(C(C)=O)c1O. The van der Waals surface area contributed by atoms with Gasteiger partial charge in [0, 0.05) is 11.1 Å². The monoisotopic (exact) mass is 542 g/mol. The Hall–Kier alpha value is -3.55.